The van der Waals surface area contributed by atoms with E-state index in [0.29, 0.717) is 44.4 Å². The summed E-state index contributed by atoms with van der Waals surface area (Å²) >= 11 is 0. The van der Waals surface area contributed by atoms with Crippen molar-refractivity contribution < 1.29 is 52.9 Å². The second-order valence-corrected chi connectivity index (χ2v) is 17.5. The topological polar surface area (TPSA) is 131 Å². The van der Waals surface area contributed by atoms with E-state index < -0.39 is 11.9 Å². The predicted molar refractivity (Wildman–Crippen MR) is 183 cm³/mol. The van der Waals surface area contributed by atoms with Crippen LogP contribution in [-0.2, 0) is 42.7 Å². The van der Waals surface area contributed by atoms with Gasteiger partial charge in [-0.15, -0.1) is 0 Å². The highest BCUT2D eigenvalue weighted by molar-refractivity contribution is 5.79. The number of hydrogen-bond donors (Lipinski definition) is 2. The summed E-state index contributed by atoms with van der Waals surface area (Å²) in [7, 11) is 0. The van der Waals surface area contributed by atoms with E-state index in [4.69, 9.17) is 37.9 Å². The lowest BCUT2D eigenvalue weighted by Gasteiger charge is -2.47. The van der Waals surface area contributed by atoms with Crippen LogP contribution in [0.4, 0.5) is 0 Å². The summed E-state index contributed by atoms with van der Waals surface area (Å²) in [6.07, 6.45) is 5.65. The molecule has 19 atom stereocenters. The van der Waals surface area contributed by atoms with E-state index in [1.54, 1.807) is 0 Å². The summed E-state index contributed by atoms with van der Waals surface area (Å²) in [4.78, 5) is 14.0. The third-order valence-electron chi connectivity index (χ3n) is 14.1. The van der Waals surface area contributed by atoms with Gasteiger partial charge in [0.25, 0.3) is 0 Å². The fraction of sp³-hybridized carbons (Fsp3) is 0.875. The van der Waals surface area contributed by atoms with Gasteiger partial charge in [-0.1, -0.05) is 27.0 Å². The van der Waals surface area contributed by atoms with E-state index in [9.17, 15) is 15.0 Å². The van der Waals surface area contributed by atoms with E-state index in [-0.39, 0.29) is 110 Å². The number of carbonyl (C=O) groups excluding carboxylic acids is 1. The molecule has 0 aromatic carbocycles. The molecule has 10 fully saturated rings. The molecule has 11 nitrogen and oxygen atoms in total. The van der Waals surface area contributed by atoms with E-state index >= 15 is 0 Å². The number of ketones is 1. The van der Waals surface area contributed by atoms with Crippen LogP contribution in [0.25, 0.3) is 0 Å². The average molecular weight is 715 g/mol. The molecule has 10 heterocycles. The molecule has 0 saturated carbocycles. The van der Waals surface area contributed by atoms with Crippen molar-refractivity contribution in [3.63, 3.8) is 0 Å². The summed E-state index contributed by atoms with van der Waals surface area (Å²) < 4.78 is 53.9. The number of carbonyl (C=O) groups is 1. The van der Waals surface area contributed by atoms with Crippen molar-refractivity contribution >= 4 is 5.78 Å². The Morgan fingerprint density at radius 1 is 0.745 bits per heavy atom. The maximum absolute atomic E-state index is 14.0. The monoisotopic (exact) mass is 714 g/mol. The second kappa shape index (κ2) is 13.8. The second-order valence-electron chi connectivity index (χ2n) is 17.5. The zero-order chi connectivity index (χ0) is 35.2. The van der Waals surface area contributed by atoms with E-state index in [2.05, 4.69) is 27.0 Å². The number of fused-ring (bicyclic) bond motifs is 6. The molecular weight excluding hydrogens is 656 g/mol. The number of ether oxygens (including phenoxy) is 8. The van der Waals surface area contributed by atoms with Gasteiger partial charge >= 0.3 is 0 Å². The van der Waals surface area contributed by atoms with Crippen LogP contribution in [0.1, 0.15) is 97.3 Å². The van der Waals surface area contributed by atoms with Gasteiger partial charge in [-0.3, -0.25) is 4.79 Å². The zero-order valence-electron chi connectivity index (χ0n) is 30.3. The molecular formula is C40H58O11. The van der Waals surface area contributed by atoms with Gasteiger partial charge in [0.1, 0.15) is 36.3 Å². The molecule has 0 radical (unpaired) electrons. The molecule has 0 aromatic heterocycles. The lowest BCUT2D eigenvalue weighted by molar-refractivity contribution is -0.292. The Hall–Kier alpha value is -1.25. The van der Waals surface area contributed by atoms with Gasteiger partial charge in [0.15, 0.2) is 5.79 Å². The molecule has 5 unspecified atom stereocenters. The SMILES string of the molecule is C=C1CC2CC[C@@]34C[C@H]5O[C@H]6[C@@H](O3)[C@H]3OC(CC[C@@H]3O[C@H]6C5O4)CC(=O)C[C@H]3C(C[C@H]4OC(CC[C@@H]1O2)C[C@@H](C)C4=C)O[C@H](C[C@@H](O)CO)[C@@H]3C. The molecule has 10 aliphatic rings. The molecule has 2 N–H and O–H groups in total. The summed E-state index contributed by atoms with van der Waals surface area (Å²) in [5, 5.41) is 20.0. The zero-order valence-corrected chi connectivity index (χ0v) is 30.3. The standard InChI is InChI=1S/C40H58O11/c1-19-11-25-5-7-29-20(2)12-27(44-29)9-10-40-17-34-36(50-40)37-38(49-34)39(51-40)35-30(48-37)8-6-26(46-35)13-23(42)14-28-22(4)31(15-24(43)18-41)47-33(28)16-32(45-25)21(19)3/h19,22,24-39,41,43H,2-3,5-18H2,1,4H3/t19-,22-,24-,25?,26?,27?,28-,29+,30+,31-,32-,33?,34-,35+,36?,37+,38-,39+,40+/m1/s1. The minimum absolute atomic E-state index is 0.00894. The van der Waals surface area contributed by atoms with E-state index in [1.807, 2.05) is 0 Å². The molecule has 0 aliphatic carbocycles. The lowest BCUT2D eigenvalue weighted by atomic mass is 9.79. The van der Waals surface area contributed by atoms with Gasteiger partial charge in [-0.2, -0.15) is 0 Å². The molecule has 1 spiro atoms. The van der Waals surface area contributed by atoms with Crippen molar-refractivity contribution in [1.29, 1.82) is 0 Å². The maximum Gasteiger partial charge on any atom is 0.172 e. The summed E-state index contributed by atoms with van der Waals surface area (Å²) in [5.41, 5.74) is 2.22. The quantitative estimate of drug-likeness (QED) is 0.410. The van der Waals surface area contributed by atoms with E-state index in [1.165, 1.54) is 0 Å². The van der Waals surface area contributed by atoms with Crippen molar-refractivity contribution in [1.82, 2.24) is 0 Å². The van der Waals surface area contributed by atoms with Gasteiger partial charge in [0.2, 0.25) is 0 Å². The van der Waals surface area contributed by atoms with Crippen LogP contribution >= 0.6 is 0 Å². The first-order valence-electron chi connectivity index (χ1n) is 20.0. The molecule has 0 amide bonds. The molecule has 0 aromatic rings. The Morgan fingerprint density at radius 3 is 2.33 bits per heavy atom. The summed E-state index contributed by atoms with van der Waals surface area (Å²) in [6.45, 7) is 12.9. The molecule has 11 heteroatoms. The lowest BCUT2D eigenvalue weighted by Crippen LogP contribution is -2.61. The Bertz CT molecular complexity index is 1360. The van der Waals surface area contributed by atoms with Crippen LogP contribution < -0.4 is 0 Å². The first kappa shape index (κ1) is 35.5. The predicted octanol–water partition coefficient (Wildman–Crippen LogP) is 4.09. The highest BCUT2D eigenvalue weighted by atomic mass is 16.8. The van der Waals surface area contributed by atoms with Crippen molar-refractivity contribution in [2.24, 2.45) is 17.8 Å². The van der Waals surface area contributed by atoms with Gasteiger partial charge in [0, 0.05) is 38.5 Å². The molecule has 10 rings (SSSR count). The number of rotatable bonds is 3. The van der Waals surface area contributed by atoms with Gasteiger partial charge in [-0.05, 0) is 73.8 Å². The van der Waals surface area contributed by atoms with Crippen LogP contribution in [0.3, 0.4) is 0 Å². The minimum atomic E-state index is -0.872. The highest BCUT2D eigenvalue weighted by Crippen LogP contribution is 2.54. The van der Waals surface area contributed by atoms with Crippen LogP contribution in [0.5, 0.6) is 0 Å². The fourth-order valence-electron chi connectivity index (χ4n) is 11.3. The number of hydrogen-bond acceptors (Lipinski definition) is 11. The first-order valence-corrected chi connectivity index (χ1v) is 20.0. The number of Topliss-reactive ketones (excluding diaryl/α,β-unsaturated/α-hetero) is 1. The Balaban J connectivity index is 0.986. The maximum atomic E-state index is 14.0. The minimum Gasteiger partial charge on any atom is -0.394 e. The average Bonchev–Trinajstić information content (AvgIpc) is 3.77. The van der Waals surface area contributed by atoms with Crippen molar-refractivity contribution in [2.75, 3.05) is 6.61 Å². The largest absolute Gasteiger partial charge is 0.394 e. The molecule has 10 aliphatic heterocycles. The third-order valence-corrected chi connectivity index (χ3v) is 14.1. The van der Waals surface area contributed by atoms with Gasteiger partial charge in [-0.25, -0.2) is 0 Å². The Kier molecular flexibility index (Phi) is 9.59. The Labute approximate surface area is 301 Å². The van der Waals surface area contributed by atoms with E-state index in [0.717, 1.165) is 56.1 Å². The van der Waals surface area contributed by atoms with Crippen molar-refractivity contribution in [3.05, 3.63) is 24.3 Å². The first-order chi connectivity index (χ1) is 24.6. The van der Waals surface area contributed by atoms with Crippen LogP contribution in [-0.4, -0.2) is 120 Å². The highest BCUT2D eigenvalue weighted by Gasteiger charge is 2.68. The fourth-order valence-corrected chi connectivity index (χ4v) is 11.3. The van der Waals surface area contributed by atoms with Crippen molar-refractivity contribution in [3.8, 4) is 0 Å². The number of aliphatic hydroxyl groups excluding tert-OH is 2. The summed E-state index contributed by atoms with van der Waals surface area (Å²) in [5.74, 6) is -0.367. The number of aliphatic hydroxyl groups is 2. The van der Waals surface area contributed by atoms with Crippen LogP contribution in [0, 0.1) is 17.8 Å². The van der Waals surface area contributed by atoms with Gasteiger partial charge in [0.05, 0.1) is 67.6 Å². The third kappa shape index (κ3) is 6.53. The van der Waals surface area contributed by atoms with Crippen LogP contribution in [0.2, 0.25) is 0 Å². The van der Waals surface area contributed by atoms with Crippen molar-refractivity contribution in [2.45, 2.75) is 195 Å². The molecule has 284 valence electrons. The summed E-state index contributed by atoms with van der Waals surface area (Å²) in [6, 6.07) is 0. The van der Waals surface area contributed by atoms with Gasteiger partial charge < -0.3 is 48.1 Å². The Morgan fingerprint density at radius 2 is 1.49 bits per heavy atom. The normalized spacial score (nSPS) is 53.2. The smallest absolute Gasteiger partial charge is 0.172 e. The molecule has 51 heavy (non-hydrogen) atoms. The molecule has 12 bridgehead atoms. The van der Waals surface area contributed by atoms with Crippen LogP contribution in [0.15, 0.2) is 24.3 Å². The molecule has 10 saturated heterocycles.